The van der Waals surface area contributed by atoms with E-state index >= 15 is 0 Å². The van der Waals surface area contributed by atoms with Gasteiger partial charge in [0, 0.05) is 5.56 Å². The number of carbonyl (C=O) groups excluding carboxylic acids is 2. The molecule has 11 heteroatoms. The number of aliphatic hydroxyl groups is 1. The summed E-state index contributed by atoms with van der Waals surface area (Å²) in [7, 11) is 4.26. The van der Waals surface area contributed by atoms with E-state index in [2.05, 4.69) is 4.98 Å². The number of nitrogens with zero attached hydrogens (tertiary/aromatic N) is 2. The van der Waals surface area contributed by atoms with Crippen LogP contribution in [0.4, 0.5) is 13.9 Å². The maximum Gasteiger partial charge on any atom is 0.301 e. The molecule has 1 fully saturated rings. The van der Waals surface area contributed by atoms with Crippen LogP contribution in [0.3, 0.4) is 0 Å². The molecule has 0 bridgehead atoms. The molecule has 2 heterocycles. The van der Waals surface area contributed by atoms with Crippen LogP contribution in [0.25, 0.3) is 16.0 Å². The molecule has 1 aliphatic rings. The molecule has 3 aromatic carbocycles. The van der Waals surface area contributed by atoms with E-state index < -0.39 is 35.1 Å². The second kappa shape index (κ2) is 9.75. The molecule has 8 nitrogen and oxygen atoms in total. The van der Waals surface area contributed by atoms with E-state index in [1.54, 1.807) is 12.1 Å². The number of aliphatic hydroxyl groups excluding tert-OH is 1. The van der Waals surface area contributed by atoms with Crippen LogP contribution in [-0.2, 0) is 9.59 Å². The Morgan fingerprint density at radius 1 is 0.921 bits per heavy atom. The van der Waals surface area contributed by atoms with Crippen molar-refractivity contribution in [1.82, 2.24) is 4.98 Å². The normalized spacial score (nSPS) is 16.8. The Labute approximate surface area is 219 Å². The second-order valence-electron chi connectivity index (χ2n) is 8.24. The highest BCUT2D eigenvalue weighted by atomic mass is 32.1. The van der Waals surface area contributed by atoms with Gasteiger partial charge in [0.2, 0.25) is 5.75 Å². The molecular weight excluding hydrogens is 518 g/mol. The van der Waals surface area contributed by atoms with Gasteiger partial charge in [-0.1, -0.05) is 11.3 Å². The quantitative estimate of drug-likeness (QED) is 0.204. The monoisotopic (exact) mass is 538 g/mol. The Bertz CT molecular complexity index is 1590. The Morgan fingerprint density at radius 3 is 2.16 bits per heavy atom. The summed E-state index contributed by atoms with van der Waals surface area (Å²) in [6.07, 6.45) is 0. The third-order valence-corrected chi connectivity index (χ3v) is 7.13. The summed E-state index contributed by atoms with van der Waals surface area (Å²) in [5, 5.41) is 11.3. The van der Waals surface area contributed by atoms with E-state index in [9.17, 15) is 23.5 Å². The molecule has 0 unspecified atom stereocenters. The molecule has 0 aliphatic carbocycles. The zero-order valence-electron chi connectivity index (χ0n) is 20.3. The SMILES string of the molecule is COc1cc([C@@H]2/C(=C(\O)c3ccc(F)cc3)C(=O)C(=O)N2c2nc3ccc(F)cc3s2)cc(OC)c1OC. The number of rotatable bonds is 6. The predicted octanol–water partition coefficient (Wildman–Crippen LogP) is 5.23. The zero-order valence-corrected chi connectivity index (χ0v) is 21.1. The lowest BCUT2D eigenvalue weighted by Crippen LogP contribution is -2.29. The molecule has 1 saturated heterocycles. The summed E-state index contributed by atoms with van der Waals surface area (Å²) in [5.74, 6) is -2.66. The Hall–Kier alpha value is -4.51. The number of anilines is 1. The van der Waals surface area contributed by atoms with Gasteiger partial charge in [-0.2, -0.15) is 0 Å². The molecule has 1 aromatic heterocycles. The van der Waals surface area contributed by atoms with Crippen LogP contribution in [0.2, 0.25) is 0 Å². The van der Waals surface area contributed by atoms with Gasteiger partial charge in [-0.15, -0.1) is 0 Å². The average Bonchev–Trinajstić information content (AvgIpc) is 3.45. The maximum absolute atomic E-state index is 13.9. The molecular formula is C27H20F2N2O6S. The van der Waals surface area contributed by atoms with Crippen LogP contribution in [0, 0.1) is 11.6 Å². The number of ether oxygens (including phenoxy) is 3. The molecule has 0 radical (unpaired) electrons. The van der Waals surface area contributed by atoms with Crippen LogP contribution in [-0.4, -0.2) is 43.1 Å². The minimum absolute atomic E-state index is 0.115. The summed E-state index contributed by atoms with van der Waals surface area (Å²) >= 11 is 1.01. The maximum atomic E-state index is 13.9. The number of thiazole rings is 1. The van der Waals surface area contributed by atoms with Crippen molar-refractivity contribution < 1.29 is 37.7 Å². The number of Topliss-reactive ketones (excluding diaryl/α,β-unsaturated/α-hetero) is 1. The van der Waals surface area contributed by atoms with Crippen LogP contribution in [0.15, 0.2) is 60.2 Å². The second-order valence-corrected chi connectivity index (χ2v) is 9.25. The average molecular weight is 539 g/mol. The lowest BCUT2D eigenvalue weighted by molar-refractivity contribution is -0.132. The summed E-state index contributed by atoms with van der Waals surface area (Å²) in [6.45, 7) is 0. The van der Waals surface area contributed by atoms with Crippen molar-refractivity contribution in [2.45, 2.75) is 6.04 Å². The number of fused-ring (bicyclic) bond motifs is 1. The van der Waals surface area contributed by atoms with E-state index in [0.29, 0.717) is 15.8 Å². The summed E-state index contributed by atoms with van der Waals surface area (Å²) in [5.41, 5.74) is 0.651. The summed E-state index contributed by atoms with van der Waals surface area (Å²) in [6, 6.07) is 10.8. The van der Waals surface area contributed by atoms with Gasteiger partial charge in [0.1, 0.15) is 17.4 Å². The number of carbonyl (C=O) groups is 2. The van der Waals surface area contributed by atoms with Gasteiger partial charge in [-0.05, 0) is 60.2 Å². The molecule has 0 spiro atoms. The van der Waals surface area contributed by atoms with E-state index in [1.807, 2.05) is 0 Å². The Balaban J connectivity index is 1.78. The van der Waals surface area contributed by atoms with Crippen LogP contribution in [0.1, 0.15) is 17.2 Å². The highest BCUT2D eigenvalue weighted by Crippen LogP contribution is 2.48. The van der Waals surface area contributed by atoms with E-state index in [0.717, 1.165) is 28.4 Å². The minimum Gasteiger partial charge on any atom is -0.507 e. The number of halogens is 2. The summed E-state index contributed by atoms with van der Waals surface area (Å²) in [4.78, 5) is 32.4. The number of methoxy groups -OCH3 is 3. The minimum atomic E-state index is -1.18. The van der Waals surface area contributed by atoms with Crippen LogP contribution < -0.4 is 19.1 Å². The first-order valence-electron chi connectivity index (χ1n) is 11.2. The number of benzene rings is 3. The first-order valence-corrected chi connectivity index (χ1v) is 12.0. The van der Waals surface area contributed by atoms with Gasteiger partial charge in [-0.25, -0.2) is 13.8 Å². The number of amides is 1. The van der Waals surface area contributed by atoms with Gasteiger partial charge >= 0.3 is 5.91 Å². The fraction of sp³-hybridized carbons (Fsp3) is 0.148. The van der Waals surface area contributed by atoms with Crippen molar-refractivity contribution in [3.63, 3.8) is 0 Å². The largest absolute Gasteiger partial charge is 0.507 e. The molecule has 0 saturated carbocycles. The fourth-order valence-corrected chi connectivity index (χ4v) is 5.37. The third-order valence-electron chi connectivity index (χ3n) is 6.11. The van der Waals surface area contributed by atoms with Crippen molar-refractivity contribution in [1.29, 1.82) is 0 Å². The molecule has 1 aliphatic heterocycles. The smallest absolute Gasteiger partial charge is 0.301 e. The van der Waals surface area contributed by atoms with Gasteiger partial charge in [0.05, 0.1) is 43.2 Å². The fourth-order valence-electron chi connectivity index (χ4n) is 4.36. The predicted molar refractivity (Wildman–Crippen MR) is 137 cm³/mol. The molecule has 38 heavy (non-hydrogen) atoms. The van der Waals surface area contributed by atoms with Crippen molar-refractivity contribution in [2.75, 3.05) is 26.2 Å². The van der Waals surface area contributed by atoms with Crippen LogP contribution in [0.5, 0.6) is 17.2 Å². The van der Waals surface area contributed by atoms with Crippen molar-refractivity contribution in [2.24, 2.45) is 0 Å². The number of aromatic nitrogens is 1. The van der Waals surface area contributed by atoms with Crippen molar-refractivity contribution in [3.8, 4) is 17.2 Å². The van der Waals surface area contributed by atoms with Crippen molar-refractivity contribution >= 4 is 44.1 Å². The molecule has 1 amide bonds. The highest BCUT2D eigenvalue weighted by Gasteiger charge is 2.48. The van der Waals surface area contributed by atoms with Gasteiger partial charge in [-0.3, -0.25) is 14.5 Å². The van der Waals surface area contributed by atoms with E-state index in [1.165, 1.54) is 51.7 Å². The Morgan fingerprint density at radius 2 is 1.55 bits per heavy atom. The van der Waals surface area contributed by atoms with Crippen molar-refractivity contribution in [3.05, 3.63) is 82.9 Å². The lowest BCUT2D eigenvalue weighted by atomic mass is 9.94. The van der Waals surface area contributed by atoms with Gasteiger partial charge in [0.15, 0.2) is 16.6 Å². The van der Waals surface area contributed by atoms with Gasteiger partial charge in [0.25, 0.3) is 5.78 Å². The summed E-state index contributed by atoms with van der Waals surface area (Å²) < 4.78 is 44.2. The first-order chi connectivity index (χ1) is 18.3. The third kappa shape index (κ3) is 4.10. The lowest BCUT2D eigenvalue weighted by Gasteiger charge is -2.24. The standard InChI is InChI=1S/C27H20F2N2O6S/c1-35-18-10-14(11-19(36-2)25(18)37-3)22-21(23(32)13-4-6-15(28)7-5-13)24(33)26(34)31(22)27-30-17-9-8-16(29)12-20(17)38-27/h4-12,22,32H,1-3H3/b23-21+/t22-/m1/s1. The topological polar surface area (TPSA) is 98.2 Å². The van der Waals surface area contributed by atoms with E-state index in [-0.39, 0.29) is 33.5 Å². The molecule has 1 N–H and O–H groups in total. The van der Waals surface area contributed by atoms with Crippen LogP contribution >= 0.6 is 11.3 Å². The zero-order chi connectivity index (χ0) is 27.1. The number of hydrogen-bond donors (Lipinski definition) is 1. The highest BCUT2D eigenvalue weighted by molar-refractivity contribution is 7.22. The molecule has 194 valence electrons. The number of ketones is 1. The first kappa shape index (κ1) is 25.2. The Kier molecular flexibility index (Phi) is 6.45. The molecule has 4 aromatic rings. The molecule has 5 rings (SSSR count). The number of hydrogen-bond acceptors (Lipinski definition) is 8. The molecule has 1 atom stereocenters. The van der Waals surface area contributed by atoms with E-state index in [4.69, 9.17) is 14.2 Å². The van der Waals surface area contributed by atoms with Gasteiger partial charge < -0.3 is 19.3 Å².